The largest absolute Gasteiger partial charge is 0.465 e. The second-order valence-corrected chi connectivity index (χ2v) is 7.99. The number of nitrogens with zero attached hydrogens (tertiary/aromatic N) is 2. The first-order valence-corrected chi connectivity index (χ1v) is 10.2. The molecule has 140 valence electrons. The molecule has 3 aromatic rings. The van der Waals surface area contributed by atoms with Crippen LogP contribution in [0.15, 0.2) is 40.7 Å². The maximum absolute atomic E-state index is 12.3. The summed E-state index contributed by atoms with van der Waals surface area (Å²) in [7, 11) is 0. The van der Waals surface area contributed by atoms with Gasteiger partial charge in [0.15, 0.2) is 4.80 Å². The summed E-state index contributed by atoms with van der Waals surface area (Å²) in [5.41, 5.74) is 3.07. The van der Waals surface area contributed by atoms with Gasteiger partial charge in [-0.15, -0.1) is 11.3 Å². The van der Waals surface area contributed by atoms with Crippen LogP contribution in [0.2, 0.25) is 0 Å². The molecular weight excluding hydrogens is 380 g/mol. The van der Waals surface area contributed by atoms with Crippen LogP contribution >= 0.6 is 22.7 Å². The van der Waals surface area contributed by atoms with E-state index >= 15 is 0 Å². The number of benzene rings is 1. The summed E-state index contributed by atoms with van der Waals surface area (Å²) in [5.74, 6) is -0.706. The average molecular weight is 401 g/mol. The van der Waals surface area contributed by atoms with Crippen molar-refractivity contribution in [2.45, 2.75) is 27.3 Å². The van der Waals surface area contributed by atoms with Gasteiger partial charge < -0.3 is 9.30 Å². The lowest BCUT2D eigenvalue weighted by molar-refractivity contribution is -0.143. The first-order chi connectivity index (χ1) is 13.0. The van der Waals surface area contributed by atoms with Crippen molar-refractivity contribution in [3.63, 3.8) is 0 Å². The van der Waals surface area contributed by atoms with Gasteiger partial charge >= 0.3 is 5.97 Å². The summed E-state index contributed by atoms with van der Waals surface area (Å²) >= 11 is 2.95. The van der Waals surface area contributed by atoms with Crippen LogP contribution in [0.5, 0.6) is 0 Å². The highest BCUT2D eigenvalue weighted by Gasteiger charge is 2.14. The van der Waals surface area contributed by atoms with Gasteiger partial charge in [-0.1, -0.05) is 23.5 Å². The number of fused-ring (bicyclic) bond motifs is 1. The second kappa shape index (κ2) is 8.45. The highest BCUT2D eigenvalue weighted by atomic mass is 32.1. The molecule has 0 aliphatic heterocycles. The van der Waals surface area contributed by atoms with Crippen LogP contribution in [-0.4, -0.2) is 23.1 Å². The van der Waals surface area contributed by atoms with Crippen molar-refractivity contribution in [3.8, 4) is 0 Å². The minimum absolute atomic E-state index is 0.0263. The molecule has 0 radical (unpaired) electrons. The van der Waals surface area contributed by atoms with Gasteiger partial charge in [-0.3, -0.25) is 9.59 Å². The van der Waals surface area contributed by atoms with Crippen LogP contribution in [0, 0.1) is 13.8 Å². The maximum atomic E-state index is 12.3. The Morgan fingerprint density at radius 1 is 1.30 bits per heavy atom. The molecule has 27 heavy (non-hydrogen) atoms. The van der Waals surface area contributed by atoms with Gasteiger partial charge in [0.1, 0.15) is 6.54 Å². The standard InChI is InChI=1S/C20H20N2O3S2/c1-4-25-18(24)12-22-19-14(3)10-13(2)11-16(19)27-20(22)21-17(23)8-7-15-6-5-9-26-15/h5-11H,4,12H2,1-3H3/b8-7+,21-20?. The molecule has 5 nitrogen and oxygen atoms in total. The van der Waals surface area contributed by atoms with Crippen LogP contribution in [0.1, 0.15) is 22.9 Å². The van der Waals surface area contributed by atoms with Crippen LogP contribution in [0.25, 0.3) is 16.3 Å². The molecule has 0 aliphatic carbocycles. The van der Waals surface area contributed by atoms with Crippen LogP contribution < -0.4 is 4.80 Å². The molecule has 0 saturated heterocycles. The van der Waals surface area contributed by atoms with Crippen molar-refractivity contribution in [1.29, 1.82) is 0 Å². The predicted molar refractivity (Wildman–Crippen MR) is 110 cm³/mol. The summed E-state index contributed by atoms with van der Waals surface area (Å²) < 4.78 is 7.85. The molecule has 0 atom stereocenters. The third kappa shape index (κ3) is 4.61. The lowest BCUT2D eigenvalue weighted by Gasteiger charge is -2.07. The minimum atomic E-state index is -0.359. The number of hydrogen-bond acceptors (Lipinski definition) is 5. The van der Waals surface area contributed by atoms with Gasteiger partial charge in [-0.25, -0.2) is 0 Å². The molecule has 1 amide bonds. The molecule has 2 heterocycles. The molecule has 0 spiro atoms. The normalized spacial score (nSPS) is 12.2. The summed E-state index contributed by atoms with van der Waals surface area (Å²) in [4.78, 5) is 30.1. The van der Waals surface area contributed by atoms with E-state index in [0.717, 1.165) is 26.2 Å². The van der Waals surface area contributed by atoms with Crippen molar-refractivity contribution in [3.05, 3.63) is 56.5 Å². The molecule has 0 saturated carbocycles. The number of carbonyl (C=O) groups is 2. The number of aromatic nitrogens is 1. The number of thiophene rings is 1. The first kappa shape index (κ1) is 19.3. The number of rotatable bonds is 5. The van der Waals surface area contributed by atoms with Gasteiger partial charge in [0.05, 0.1) is 16.8 Å². The number of aryl methyl sites for hydroxylation is 2. The SMILES string of the molecule is CCOC(=O)Cn1c(=NC(=O)/C=C/c2cccs2)sc2cc(C)cc(C)c21. The summed E-state index contributed by atoms with van der Waals surface area (Å²) in [5, 5.41) is 1.95. The smallest absolute Gasteiger partial charge is 0.326 e. The maximum Gasteiger partial charge on any atom is 0.326 e. The molecular formula is C20H20N2O3S2. The Labute approximate surface area is 165 Å². The van der Waals surface area contributed by atoms with Crippen molar-refractivity contribution in [1.82, 2.24) is 4.57 Å². The Bertz CT molecular complexity index is 1070. The number of ether oxygens (including phenoxy) is 1. The van der Waals surface area contributed by atoms with Gasteiger partial charge in [0.2, 0.25) is 0 Å². The minimum Gasteiger partial charge on any atom is -0.465 e. The number of esters is 1. The zero-order valence-electron chi connectivity index (χ0n) is 15.4. The third-order valence-electron chi connectivity index (χ3n) is 3.84. The Morgan fingerprint density at radius 3 is 2.81 bits per heavy atom. The number of amides is 1. The second-order valence-electron chi connectivity index (χ2n) is 6.00. The van der Waals surface area contributed by atoms with E-state index in [4.69, 9.17) is 4.74 Å². The quantitative estimate of drug-likeness (QED) is 0.479. The summed E-state index contributed by atoms with van der Waals surface area (Å²) in [6.45, 7) is 6.12. The Hall–Kier alpha value is -2.51. The lowest BCUT2D eigenvalue weighted by atomic mass is 10.1. The van der Waals surface area contributed by atoms with Crippen LogP contribution in [-0.2, 0) is 20.9 Å². The number of thiazole rings is 1. The summed E-state index contributed by atoms with van der Waals surface area (Å²) in [6, 6.07) is 7.95. The third-order valence-corrected chi connectivity index (χ3v) is 5.71. The van der Waals surface area contributed by atoms with Crippen molar-refractivity contribution in [2.75, 3.05) is 6.61 Å². The van der Waals surface area contributed by atoms with E-state index in [2.05, 4.69) is 11.1 Å². The molecule has 0 unspecified atom stereocenters. The van der Waals surface area contributed by atoms with Crippen molar-refractivity contribution < 1.29 is 14.3 Å². The molecule has 2 aromatic heterocycles. The Balaban J connectivity index is 2.06. The Morgan fingerprint density at radius 2 is 2.11 bits per heavy atom. The van der Waals surface area contributed by atoms with E-state index in [9.17, 15) is 9.59 Å². The Kier molecular flexibility index (Phi) is 6.03. The summed E-state index contributed by atoms with van der Waals surface area (Å²) in [6.07, 6.45) is 3.19. The predicted octanol–water partition coefficient (Wildman–Crippen LogP) is 4.08. The van der Waals surface area contributed by atoms with Gasteiger partial charge in [-0.05, 0) is 55.5 Å². The molecule has 0 fully saturated rings. The monoisotopic (exact) mass is 400 g/mol. The highest BCUT2D eigenvalue weighted by Crippen LogP contribution is 2.23. The van der Waals surface area contributed by atoms with Gasteiger partial charge in [0, 0.05) is 11.0 Å². The highest BCUT2D eigenvalue weighted by molar-refractivity contribution is 7.16. The van der Waals surface area contributed by atoms with E-state index in [1.807, 2.05) is 37.4 Å². The van der Waals surface area contributed by atoms with Crippen molar-refractivity contribution in [2.24, 2.45) is 4.99 Å². The van der Waals surface area contributed by atoms with E-state index in [1.54, 1.807) is 28.9 Å². The van der Waals surface area contributed by atoms with E-state index in [1.165, 1.54) is 17.4 Å². The fourth-order valence-corrected chi connectivity index (χ4v) is 4.66. The van der Waals surface area contributed by atoms with Gasteiger partial charge in [0.25, 0.3) is 5.91 Å². The average Bonchev–Trinajstić information content (AvgIpc) is 3.22. The zero-order chi connectivity index (χ0) is 19.4. The van der Waals surface area contributed by atoms with E-state index < -0.39 is 0 Å². The fourth-order valence-electron chi connectivity index (χ4n) is 2.83. The van der Waals surface area contributed by atoms with E-state index in [-0.39, 0.29) is 18.4 Å². The van der Waals surface area contributed by atoms with E-state index in [0.29, 0.717) is 11.4 Å². The number of carbonyl (C=O) groups excluding carboxylic acids is 2. The first-order valence-electron chi connectivity index (χ1n) is 8.54. The lowest BCUT2D eigenvalue weighted by Crippen LogP contribution is -2.23. The topological polar surface area (TPSA) is 60.7 Å². The van der Waals surface area contributed by atoms with Gasteiger partial charge in [-0.2, -0.15) is 4.99 Å². The van der Waals surface area contributed by atoms with Crippen molar-refractivity contribution >= 4 is 50.8 Å². The molecule has 1 aromatic carbocycles. The van der Waals surface area contributed by atoms with Crippen LogP contribution in [0.4, 0.5) is 0 Å². The molecule has 0 aliphatic rings. The fraction of sp³-hybridized carbons (Fsp3) is 0.250. The molecule has 7 heteroatoms. The molecule has 0 bridgehead atoms. The van der Waals surface area contributed by atoms with Crippen LogP contribution in [0.3, 0.4) is 0 Å². The molecule has 0 N–H and O–H groups in total. The molecule has 3 rings (SSSR count). The zero-order valence-corrected chi connectivity index (χ0v) is 17.0. The number of hydrogen-bond donors (Lipinski definition) is 0.